The number of ether oxygens (including phenoxy) is 1. The summed E-state index contributed by atoms with van der Waals surface area (Å²) in [5, 5.41) is 3.33. The Kier molecular flexibility index (Phi) is 5.65. The zero-order valence-electron chi connectivity index (χ0n) is 12.5. The van der Waals surface area contributed by atoms with Crippen molar-refractivity contribution in [1.82, 2.24) is 5.32 Å². The van der Waals surface area contributed by atoms with Gasteiger partial charge in [-0.2, -0.15) is 0 Å². The molecule has 0 spiro atoms. The molecular formula is C17H20FNOS. The molecule has 0 heterocycles. The van der Waals surface area contributed by atoms with Crippen LogP contribution >= 0.6 is 11.8 Å². The Labute approximate surface area is 129 Å². The molecule has 1 atom stereocenters. The highest BCUT2D eigenvalue weighted by atomic mass is 32.2. The molecule has 112 valence electrons. The molecule has 2 nitrogen and oxygen atoms in total. The highest BCUT2D eigenvalue weighted by molar-refractivity contribution is 7.99. The molecule has 21 heavy (non-hydrogen) atoms. The molecule has 0 aliphatic carbocycles. The lowest BCUT2D eigenvalue weighted by atomic mass is 10.1. The van der Waals surface area contributed by atoms with Gasteiger partial charge in [-0.25, -0.2) is 4.39 Å². The number of nitrogens with one attached hydrogen (secondary N) is 1. The summed E-state index contributed by atoms with van der Waals surface area (Å²) in [5.74, 6) is 0.619. The molecule has 0 aromatic heterocycles. The molecule has 0 saturated heterocycles. The first kappa shape index (κ1) is 15.9. The fourth-order valence-electron chi connectivity index (χ4n) is 2.16. The standard InChI is InChI=1S/C17H20FNOS/c1-4-19-12(2)16-10-13(18)8-9-17(16)21-15-7-5-6-14(11-15)20-3/h5-12,19H,4H2,1-3H3. The number of methoxy groups -OCH3 is 1. The second-order valence-electron chi connectivity index (χ2n) is 4.74. The molecule has 0 aliphatic heterocycles. The minimum Gasteiger partial charge on any atom is -0.497 e. The van der Waals surface area contributed by atoms with Crippen molar-refractivity contribution < 1.29 is 9.13 Å². The highest BCUT2D eigenvalue weighted by Gasteiger charge is 2.12. The summed E-state index contributed by atoms with van der Waals surface area (Å²) >= 11 is 1.62. The van der Waals surface area contributed by atoms with E-state index in [-0.39, 0.29) is 11.9 Å². The summed E-state index contributed by atoms with van der Waals surface area (Å²) in [4.78, 5) is 2.13. The van der Waals surface area contributed by atoms with Gasteiger partial charge in [0.15, 0.2) is 0 Å². The molecule has 1 unspecified atom stereocenters. The lowest BCUT2D eigenvalue weighted by Crippen LogP contribution is -2.18. The van der Waals surface area contributed by atoms with Crippen molar-refractivity contribution in [2.45, 2.75) is 29.7 Å². The van der Waals surface area contributed by atoms with E-state index in [0.717, 1.165) is 27.6 Å². The van der Waals surface area contributed by atoms with Crippen molar-refractivity contribution in [1.29, 1.82) is 0 Å². The quantitative estimate of drug-likeness (QED) is 0.839. The van der Waals surface area contributed by atoms with Crippen LogP contribution in [0.1, 0.15) is 25.5 Å². The van der Waals surface area contributed by atoms with Crippen LogP contribution < -0.4 is 10.1 Å². The Hall–Kier alpha value is -1.52. The summed E-state index contributed by atoms with van der Waals surface area (Å²) < 4.78 is 18.8. The molecule has 0 amide bonds. The number of hydrogen-bond acceptors (Lipinski definition) is 3. The van der Waals surface area contributed by atoms with Crippen LogP contribution in [0.15, 0.2) is 52.3 Å². The maximum atomic E-state index is 13.5. The molecule has 2 aromatic carbocycles. The van der Waals surface area contributed by atoms with Gasteiger partial charge in [-0.3, -0.25) is 0 Å². The summed E-state index contributed by atoms with van der Waals surface area (Å²) in [6.45, 7) is 4.94. The van der Waals surface area contributed by atoms with E-state index in [1.54, 1.807) is 24.9 Å². The summed E-state index contributed by atoms with van der Waals surface area (Å²) in [6.07, 6.45) is 0. The minimum absolute atomic E-state index is 0.110. The maximum absolute atomic E-state index is 13.5. The third kappa shape index (κ3) is 4.22. The van der Waals surface area contributed by atoms with Gasteiger partial charge in [0.05, 0.1) is 7.11 Å². The van der Waals surface area contributed by atoms with Gasteiger partial charge in [0.1, 0.15) is 11.6 Å². The topological polar surface area (TPSA) is 21.3 Å². The fraction of sp³-hybridized carbons (Fsp3) is 0.294. The first-order valence-corrected chi connectivity index (χ1v) is 7.80. The van der Waals surface area contributed by atoms with E-state index in [2.05, 4.69) is 5.32 Å². The third-order valence-corrected chi connectivity index (χ3v) is 4.30. The van der Waals surface area contributed by atoms with Gasteiger partial charge in [-0.1, -0.05) is 24.8 Å². The Morgan fingerprint density at radius 2 is 2.05 bits per heavy atom. The van der Waals surface area contributed by atoms with E-state index in [1.807, 2.05) is 44.2 Å². The van der Waals surface area contributed by atoms with Crippen molar-refractivity contribution in [2.75, 3.05) is 13.7 Å². The smallest absolute Gasteiger partial charge is 0.123 e. The molecule has 1 N–H and O–H groups in total. The van der Waals surface area contributed by atoms with Crippen LogP contribution in [0.5, 0.6) is 5.75 Å². The van der Waals surface area contributed by atoms with Crippen LogP contribution in [-0.2, 0) is 0 Å². The van der Waals surface area contributed by atoms with E-state index < -0.39 is 0 Å². The van der Waals surface area contributed by atoms with Gasteiger partial charge >= 0.3 is 0 Å². The normalized spacial score (nSPS) is 12.2. The van der Waals surface area contributed by atoms with Crippen molar-refractivity contribution in [3.63, 3.8) is 0 Å². The molecule has 0 radical (unpaired) electrons. The molecular weight excluding hydrogens is 285 g/mol. The number of benzene rings is 2. The van der Waals surface area contributed by atoms with Gasteiger partial charge in [0.25, 0.3) is 0 Å². The lowest BCUT2D eigenvalue weighted by molar-refractivity contribution is 0.413. The second-order valence-corrected chi connectivity index (χ2v) is 5.86. The molecule has 0 saturated carbocycles. The van der Waals surface area contributed by atoms with Crippen molar-refractivity contribution >= 4 is 11.8 Å². The lowest BCUT2D eigenvalue weighted by Gasteiger charge is -2.17. The Morgan fingerprint density at radius 3 is 2.76 bits per heavy atom. The predicted octanol–water partition coefficient (Wildman–Crippen LogP) is 4.66. The average molecular weight is 305 g/mol. The number of rotatable bonds is 6. The maximum Gasteiger partial charge on any atom is 0.123 e. The van der Waals surface area contributed by atoms with Gasteiger partial charge in [0, 0.05) is 15.8 Å². The van der Waals surface area contributed by atoms with E-state index in [0.29, 0.717) is 0 Å². The van der Waals surface area contributed by atoms with Crippen molar-refractivity contribution in [3.8, 4) is 5.75 Å². The average Bonchev–Trinajstić information content (AvgIpc) is 2.49. The minimum atomic E-state index is -0.204. The molecule has 0 aliphatic rings. The van der Waals surface area contributed by atoms with E-state index in [1.165, 1.54) is 6.07 Å². The first-order valence-electron chi connectivity index (χ1n) is 6.98. The van der Waals surface area contributed by atoms with Crippen LogP contribution in [0.2, 0.25) is 0 Å². The Morgan fingerprint density at radius 1 is 1.24 bits per heavy atom. The Balaban J connectivity index is 2.30. The summed E-state index contributed by atoms with van der Waals surface area (Å²) in [7, 11) is 1.65. The largest absolute Gasteiger partial charge is 0.497 e. The van der Waals surface area contributed by atoms with Crippen molar-refractivity contribution in [3.05, 3.63) is 53.8 Å². The first-order chi connectivity index (χ1) is 10.1. The zero-order chi connectivity index (χ0) is 15.2. The molecule has 2 rings (SSSR count). The van der Waals surface area contributed by atoms with Crippen LogP contribution in [0.25, 0.3) is 0 Å². The fourth-order valence-corrected chi connectivity index (χ4v) is 3.22. The summed E-state index contributed by atoms with van der Waals surface area (Å²) in [5.41, 5.74) is 0.977. The van der Waals surface area contributed by atoms with Crippen molar-refractivity contribution in [2.24, 2.45) is 0 Å². The van der Waals surface area contributed by atoms with Gasteiger partial charge in [-0.15, -0.1) is 0 Å². The van der Waals surface area contributed by atoms with E-state index >= 15 is 0 Å². The Bertz CT molecular complexity index is 603. The zero-order valence-corrected chi connectivity index (χ0v) is 13.3. The monoisotopic (exact) mass is 305 g/mol. The second kappa shape index (κ2) is 7.48. The number of halogens is 1. The van der Waals surface area contributed by atoms with E-state index in [4.69, 9.17) is 4.74 Å². The summed E-state index contributed by atoms with van der Waals surface area (Å²) in [6, 6.07) is 12.9. The molecule has 0 fully saturated rings. The van der Waals surface area contributed by atoms with Gasteiger partial charge in [0.2, 0.25) is 0 Å². The molecule has 0 bridgehead atoms. The van der Waals surface area contributed by atoms with Crippen LogP contribution in [0, 0.1) is 5.82 Å². The van der Waals surface area contributed by atoms with Crippen LogP contribution in [0.4, 0.5) is 4.39 Å². The number of hydrogen-bond donors (Lipinski definition) is 1. The van der Waals surface area contributed by atoms with E-state index in [9.17, 15) is 4.39 Å². The van der Waals surface area contributed by atoms with Gasteiger partial charge < -0.3 is 10.1 Å². The van der Waals surface area contributed by atoms with Crippen LogP contribution in [-0.4, -0.2) is 13.7 Å². The SMILES string of the molecule is CCNC(C)c1cc(F)ccc1Sc1cccc(OC)c1. The highest BCUT2D eigenvalue weighted by Crippen LogP contribution is 2.35. The molecule has 4 heteroatoms. The molecule has 2 aromatic rings. The third-order valence-electron chi connectivity index (χ3n) is 3.22. The van der Waals surface area contributed by atoms with Gasteiger partial charge in [-0.05, 0) is 55.4 Å². The predicted molar refractivity (Wildman–Crippen MR) is 85.6 cm³/mol. The van der Waals surface area contributed by atoms with Crippen LogP contribution in [0.3, 0.4) is 0 Å².